The van der Waals surface area contributed by atoms with E-state index in [1.807, 2.05) is 18.2 Å². The molecule has 0 saturated heterocycles. The van der Waals surface area contributed by atoms with Crippen molar-refractivity contribution >= 4 is 17.3 Å². The number of rotatable bonds is 2. The largest absolute Gasteiger partial charge is 0.281 e. The first-order valence-electron chi connectivity index (χ1n) is 6.62. The van der Waals surface area contributed by atoms with E-state index in [0.717, 1.165) is 29.1 Å². The Kier molecular flexibility index (Phi) is 3.39. The third-order valence-corrected chi connectivity index (χ3v) is 3.94. The molecular formula is C17H16ClN. The molecule has 0 aliphatic carbocycles. The minimum atomic E-state index is 0.284. The van der Waals surface area contributed by atoms with E-state index in [9.17, 15) is 0 Å². The second-order valence-corrected chi connectivity index (χ2v) is 5.43. The smallest absolute Gasteiger partial charge is 0.0756 e. The van der Waals surface area contributed by atoms with Gasteiger partial charge in [-0.15, -0.1) is 0 Å². The van der Waals surface area contributed by atoms with Crippen molar-refractivity contribution in [3.8, 4) is 0 Å². The van der Waals surface area contributed by atoms with Gasteiger partial charge < -0.3 is 0 Å². The van der Waals surface area contributed by atoms with Gasteiger partial charge in [0, 0.05) is 16.3 Å². The lowest BCUT2D eigenvalue weighted by Crippen LogP contribution is -1.96. The second kappa shape index (κ2) is 5.18. The zero-order chi connectivity index (χ0) is 13.2. The van der Waals surface area contributed by atoms with Gasteiger partial charge in [-0.2, -0.15) is 0 Å². The number of benzene rings is 2. The molecular weight excluding hydrogens is 254 g/mol. The molecule has 0 fully saturated rings. The van der Waals surface area contributed by atoms with E-state index in [2.05, 4.69) is 37.3 Å². The lowest BCUT2D eigenvalue weighted by molar-refractivity contribution is 0.723. The van der Waals surface area contributed by atoms with Gasteiger partial charge in [0.2, 0.25) is 0 Å². The SMILES string of the molecule is Cc1ccc(C2CCC(c3ccccc3Cl)=N2)cc1. The van der Waals surface area contributed by atoms with Crippen LogP contribution in [0.25, 0.3) is 0 Å². The molecule has 2 heteroatoms. The highest BCUT2D eigenvalue weighted by Gasteiger charge is 2.21. The normalized spacial score (nSPS) is 18.4. The molecule has 2 aromatic carbocycles. The predicted octanol–water partition coefficient (Wildman–Crippen LogP) is 4.97. The fraction of sp³-hybridized carbons (Fsp3) is 0.235. The summed E-state index contributed by atoms with van der Waals surface area (Å²) in [6.45, 7) is 2.11. The van der Waals surface area contributed by atoms with Crippen LogP contribution in [-0.4, -0.2) is 5.71 Å². The van der Waals surface area contributed by atoms with Gasteiger partial charge in [-0.3, -0.25) is 4.99 Å². The Morgan fingerprint density at radius 2 is 1.79 bits per heavy atom. The number of hydrogen-bond donors (Lipinski definition) is 0. The predicted molar refractivity (Wildman–Crippen MR) is 81.1 cm³/mol. The molecule has 0 saturated carbocycles. The lowest BCUT2D eigenvalue weighted by atomic mass is 10.0. The molecule has 0 N–H and O–H groups in total. The fourth-order valence-electron chi connectivity index (χ4n) is 2.52. The van der Waals surface area contributed by atoms with E-state index < -0.39 is 0 Å². The van der Waals surface area contributed by atoms with Gasteiger partial charge in [-0.1, -0.05) is 59.6 Å². The average molecular weight is 270 g/mol. The molecule has 1 unspecified atom stereocenters. The number of hydrogen-bond acceptors (Lipinski definition) is 1. The third-order valence-electron chi connectivity index (χ3n) is 3.61. The van der Waals surface area contributed by atoms with Crippen LogP contribution in [-0.2, 0) is 0 Å². The van der Waals surface area contributed by atoms with Crippen molar-refractivity contribution in [2.45, 2.75) is 25.8 Å². The molecule has 1 nitrogen and oxygen atoms in total. The van der Waals surface area contributed by atoms with Crippen molar-refractivity contribution in [2.24, 2.45) is 4.99 Å². The second-order valence-electron chi connectivity index (χ2n) is 5.02. The highest BCUT2D eigenvalue weighted by Crippen LogP contribution is 2.32. The van der Waals surface area contributed by atoms with Crippen molar-refractivity contribution in [2.75, 3.05) is 0 Å². The maximum atomic E-state index is 6.24. The molecule has 0 radical (unpaired) electrons. The molecule has 0 amide bonds. The molecule has 0 aromatic heterocycles. The Morgan fingerprint density at radius 3 is 2.53 bits per heavy atom. The Bertz CT molecular complexity index is 613. The first kappa shape index (κ1) is 12.4. The number of aliphatic imine (C=N–C) groups is 1. The molecule has 3 rings (SSSR count). The summed E-state index contributed by atoms with van der Waals surface area (Å²) in [6.07, 6.45) is 2.08. The van der Waals surface area contributed by atoms with Crippen LogP contribution >= 0.6 is 11.6 Å². The summed E-state index contributed by atoms with van der Waals surface area (Å²) in [6, 6.07) is 16.9. The van der Waals surface area contributed by atoms with E-state index >= 15 is 0 Å². The van der Waals surface area contributed by atoms with E-state index in [0.29, 0.717) is 0 Å². The summed E-state index contributed by atoms with van der Waals surface area (Å²) in [4.78, 5) is 4.85. The minimum Gasteiger partial charge on any atom is -0.281 e. The number of nitrogens with zero attached hydrogens (tertiary/aromatic N) is 1. The molecule has 0 spiro atoms. The van der Waals surface area contributed by atoms with Crippen LogP contribution in [0.3, 0.4) is 0 Å². The zero-order valence-corrected chi connectivity index (χ0v) is 11.7. The van der Waals surface area contributed by atoms with Gasteiger partial charge >= 0.3 is 0 Å². The van der Waals surface area contributed by atoms with Gasteiger partial charge in [-0.05, 0) is 31.4 Å². The monoisotopic (exact) mass is 269 g/mol. The summed E-state index contributed by atoms with van der Waals surface area (Å²) >= 11 is 6.24. The summed E-state index contributed by atoms with van der Waals surface area (Å²) in [5.41, 5.74) is 4.81. The van der Waals surface area contributed by atoms with Crippen LogP contribution in [0.5, 0.6) is 0 Å². The highest BCUT2D eigenvalue weighted by atomic mass is 35.5. The van der Waals surface area contributed by atoms with Crippen molar-refractivity contribution in [3.63, 3.8) is 0 Å². The molecule has 0 bridgehead atoms. The molecule has 19 heavy (non-hydrogen) atoms. The van der Waals surface area contributed by atoms with Gasteiger partial charge in [0.25, 0.3) is 0 Å². The van der Waals surface area contributed by atoms with Crippen molar-refractivity contribution in [3.05, 3.63) is 70.2 Å². The fourth-order valence-corrected chi connectivity index (χ4v) is 2.76. The molecule has 1 heterocycles. The van der Waals surface area contributed by atoms with Crippen LogP contribution in [0.4, 0.5) is 0 Å². The standard InChI is InChI=1S/C17H16ClN/c1-12-6-8-13(9-7-12)16-10-11-17(19-16)14-4-2-3-5-15(14)18/h2-9,16H,10-11H2,1H3. The average Bonchev–Trinajstić information content (AvgIpc) is 2.89. The molecule has 1 aliphatic rings. The molecule has 2 aromatic rings. The van der Waals surface area contributed by atoms with Gasteiger partial charge in [-0.25, -0.2) is 0 Å². The van der Waals surface area contributed by atoms with E-state index in [1.54, 1.807) is 0 Å². The van der Waals surface area contributed by atoms with Gasteiger partial charge in [0.15, 0.2) is 0 Å². The Hall–Kier alpha value is -1.60. The van der Waals surface area contributed by atoms with E-state index in [-0.39, 0.29) is 6.04 Å². The third kappa shape index (κ3) is 2.57. The van der Waals surface area contributed by atoms with Crippen LogP contribution in [0.15, 0.2) is 53.5 Å². The van der Waals surface area contributed by atoms with Crippen LogP contribution in [0.1, 0.15) is 35.6 Å². The lowest BCUT2D eigenvalue weighted by Gasteiger charge is -2.06. The first-order chi connectivity index (χ1) is 9.24. The maximum absolute atomic E-state index is 6.24. The molecule has 96 valence electrons. The van der Waals surface area contributed by atoms with Crippen molar-refractivity contribution in [1.29, 1.82) is 0 Å². The quantitative estimate of drug-likeness (QED) is 0.730. The van der Waals surface area contributed by atoms with E-state index in [1.165, 1.54) is 11.1 Å². The summed E-state index contributed by atoms with van der Waals surface area (Å²) in [7, 11) is 0. The van der Waals surface area contributed by atoms with Gasteiger partial charge in [0.1, 0.15) is 0 Å². The van der Waals surface area contributed by atoms with Gasteiger partial charge in [0.05, 0.1) is 6.04 Å². The number of halogens is 1. The topological polar surface area (TPSA) is 12.4 Å². The Morgan fingerprint density at radius 1 is 1.05 bits per heavy atom. The van der Waals surface area contributed by atoms with Crippen LogP contribution in [0.2, 0.25) is 5.02 Å². The molecule has 1 aliphatic heterocycles. The Labute approximate surface area is 119 Å². The summed E-state index contributed by atoms with van der Waals surface area (Å²) in [5.74, 6) is 0. The minimum absolute atomic E-state index is 0.284. The van der Waals surface area contributed by atoms with Crippen molar-refractivity contribution < 1.29 is 0 Å². The Balaban J connectivity index is 1.89. The van der Waals surface area contributed by atoms with Crippen molar-refractivity contribution in [1.82, 2.24) is 0 Å². The summed E-state index contributed by atoms with van der Waals surface area (Å²) in [5, 5.41) is 0.797. The molecule has 1 atom stereocenters. The van der Waals surface area contributed by atoms with Crippen LogP contribution < -0.4 is 0 Å². The first-order valence-corrected chi connectivity index (χ1v) is 7.00. The van der Waals surface area contributed by atoms with Crippen LogP contribution in [0, 0.1) is 6.92 Å². The summed E-state index contributed by atoms with van der Waals surface area (Å²) < 4.78 is 0. The van der Waals surface area contributed by atoms with E-state index in [4.69, 9.17) is 16.6 Å². The zero-order valence-electron chi connectivity index (χ0n) is 10.9. The number of aryl methyl sites for hydroxylation is 1. The highest BCUT2D eigenvalue weighted by molar-refractivity contribution is 6.34. The maximum Gasteiger partial charge on any atom is 0.0756 e.